The molecule has 0 bridgehead atoms. The Hall–Kier alpha value is -3.65. The molecule has 5 nitrogen and oxygen atoms in total. The lowest BCUT2D eigenvalue weighted by Crippen LogP contribution is -2.48. The van der Waals surface area contributed by atoms with E-state index in [9.17, 15) is 22.8 Å². The molecular formula is C27H25F3N2O3. The van der Waals surface area contributed by atoms with Crippen LogP contribution in [-0.4, -0.2) is 37.0 Å². The number of methoxy groups -OCH3 is 1. The lowest BCUT2D eigenvalue weighted by atomic mass is 9.79. The second kappa shape index (κ2) is 10.3. The highest BCUT2D eigenvalue weighted by Crippen LogP contribution is 2.42. The molecule has 3 aromatic carbocycles. The summed E-state index contributed by atoms with van der Waals surface area (Å²) in [5, 5.41) is 2.80. The van der Waals surface area contributed by atoms with Gasteiger partial charge in [-0.2, -0.15) is 13.2 Å². The molecule has 1 aliphatic rings. The number of hydrogen-bond donors (Lipinski definition) is 1. The molecule has 0 radical (unpaired) electrons. The van der Waals surface area contributed by atoms with Crippen LogP contribution in [0.3, 0.4) is 0 Å². The number of rotatable bonds is 7. The summed E-state index contributed by atoms with van der Waals surface area (Å²) in [7, 11) is 1.54. The zero-order valence-electron chi connectivity index (χ0n) is 19.1. The van der Waals surface area contributed by atoms with Crippen molar-refractivity contribution in [3.63, 3.8) is 0 Å². The van der Waals surface area contributed by atoms with Crippen LogP contribution in [-0.2, 0) is 22.3 Å². The number of fused-ring (bicyclic) bond motifs is 1. The van der Waals surface area contributed by atoms with E-state index in [1.54, 1.807) is 36.3 Å². The summed E-state index contributed by atoms with van der Waals surface area (Å²) in [6.45, 7) is 0.491. The monoisotopic (exact) mass is 482 g/mol. The predicted octanol–water partition coefficient (Wildman–Crippen LogP) is 4.95. The maximum atomic E-state index is 13.6. The van der Waals surface area contributed by atoms with Crippen molar-refractivity contribution < 1.29 is 27.5 Å². The van der Waals surface area contributed by atoms with E-state index >= 15 is 0 Å². The molecule has 1 aliphatic heterocycles. The molecule has 2 atom stereocenters. The van der Waals surface area contributed by atoms with Gasteiger partial charge in [-0.1, -0.05) is 60.7 Å². The Kier molecular flexibility index (Phi) is 7.21. The number of ether oxygens (including phenoxy) is 1. The van der Waals surface area contributed by atoms with E-state index in [4.69, 9.17) is 4.74 Å². The van der Waals surface area contributed by atoms with Gasteiger partial charge in [-0.25, -0.2) is 0 Å². The summed E-state index contributed by atoms with van der Waals surface area (Å²) in [5.74, 6) is -1.33. The lowest BCUT2D eigenvalue weighted by Gasteiger charge is -2.41. The van der Waals surface area contributed by atoms with Crippen LogP contribution in [0.15, 0.2) is 78.9 Å². The molecule has 0 aromatic heterocycles. The quantitative estimate of drug-likeness (QED) is 0.519. The number of benzene rings is 3. The fourth-order valence-corrected chi connectivity index (χ4v) is 4.49. The molecule has 2 unspecified atom stereocenters. The highest BCUT2D eigenvalue weighted by molar-refractivity contribution is 6.01. The van der Waals surface area contributed by atoms with Gasteiger partial charge < -0.3 is 15.0 Å². The van der Waals surface area contributed by atoms with Gasteiger partial charge >= 0.3 is 6.18 Å². The normalized spacial score (nSPS) is 17.7. The van der Waals surface area contributed by atoms with Crippen molar-refractivity contribution in [1.29, 1.82) is 0 Å². The second-order valence-electron chi connectivity index (χ2n) is 8.33. The highest BCUT2D eigenvalue weighted by atomic mass is 19.4. The smallest absolute Gasteiger partial charge is 0.383 e. The van der Waals surface area contributed by atoms with E-state index in [-0.39, 0.29) is 31.5 Å². The average molecular weight is 483 g/mol. The van der Waals surface area contributed by atoms with Crippen molar-refractivity contribution in [2.45, 2.75) is 24.7 Å². The van der Waals surface area contributed by atoms with Crippen LogP contribution in [0.2, 0.25) is 0 Å². The van der Waals surface area contributed by atoms with Crippen LogP contribution >= 0.6 is 0 Å². The number of nitrogens with zero attached hydrogens (tertiary/aromatic N) is 1. The second-order valence-corrected chi connectivity index (χ2v) is 8.33. The minimum atomic E-state index is -4.47. The average Bonchev–Trinajstić information content (AvgIpc) is 2.87. The third-order valence-corrected chi connectivity index (χ3v) is 6.12. The van der Waals surface area contributed by atoms with Crippen molar-refractivity contribution in [3.05, 3.63) is 107 Å². The Morgan fingerprint density at radius 1 is 1.00 bits per heavy atom. The van der Waals surface area contributed by atoms with Crippen LogP contribution in [0.25, 0.3) is 0 Å². The lowest BCUT2D eigenvalue weighted by molar-refractivity contribution is -0.137. The standard InChI is InChI=1S/C27H25F3N2O3/c1-35-15-14-32-24(19-9-3-2-4-10-19)23(21-12-5-6-13-22(21)26(32)34)25(33)31-17-18-8-7-11-20(16-18)27(28,29)30/h2-13,16,23-24H,14-15,17H2,1H3,(H,31,33). The van der Waals surface area contributed by atoms with Crippen LogP contribution < -0.4 is 5.32 Å². The molecular weight excluding hydrogens is 457 g/mol. The third-order valence-electron chi connectivity index (χ3n) is 6.12. The van der Waals surface area contributed by atoms with Gasteiger partial charge in [-0.3, -0.25) is 9.59 Å². The molecule has 4 rings (SSSR count). The van der Waals surface area contributed by atoms with Crippen molar-refractivity contribution in [2.75, 3.05) is 20.3 Å². The SMILES string of the molecule is COCCN1C(=O)c2ccccc2C(C(=O)NCc2cccc(C(F)(F)F)c2)C1c1ccccc1. The maximum absolute atomic E-state index is 13.6. The summed E-state index contributed by atoms with van der Waals surface area (Å²) in [5.41, 5.74) is 1.36. The van der Waals surface area contributed by atoms with Crippen molar-refractivity contribution in [3.8, 4) is 0 Å². The molecule has 182 valence electrons. The van der Waals surface area contributed by atoms with E-state index in [0.717, 1.165) is 17.7 Å². The zero-order chi connectivity index (χ0) is 25.0. The summed E-state index contributed by atoms with van der Waals surface area (Å²) >= 11 is 0. The molecule has 0 aliphatic carbocycles. The Morgan fingerprint density at radius 3 is 2.43 bits per heavy atom. The maximum Gasteiger partial charge on any atom is 0.416 e. The van der Waals surface area contributed by atoms with Crippen LogP contribution in [0.5, 0.6) is 0 Å². The largest absolute Gasteiger partial charge is 0.416 e. The summed E-state index contributed by atoms with van der Waals surface area (Å²) in [6, 6.07) is 20.5. The van der Waals surface area contributed by atoms with Gasteiger partial charge in [0.05, 0.1) is 24.1 Å². The summed E-state index contributed by atoms with van der Waals surface area (Å²) in [4.78, 5) is 28.7. The van der Waals surface area contributed by atoms with E-state index in [1.165, 1.54) is 12.1 Å². The van der Waals surface area contributed by atoms with Crippen LogP contribution in [0, 0.1) is 0 Å². The summed E-state index contributed by atoms with van der Waals surface area (Å²) in [6.07, 6.45) is -4.47. The molecule has 2 amide bonds. The van der Waals surface area contributed by atoms with Crippen LogP contribution in [0.4, 0.5) is 13.2 Å². The van der Waals surface area contributed by atoms with Crippen molar-refractivity contribution in [2.24, 2.45) is 0 Å². The van der Waals surface area contributed by atoms with Gasteiger partial charge in [-0.05, 0) is 34.9 Å². The minimum absolute atomic E-state index is 0.0745. The van der Waals surface area contributed by atoms with E-state index in [1.807, 2.05) is 30.3 Å². The third kappa shape index (κ3) is 5.22. The number of amides is 2. The van der Waals surface area contributed by atoms with Gasteiger partial charge in [0, 0.05) is 25.8 Å². The number of carbonyl (C=O) groups is 2. The van der Waals surface area contributed by atoms with Gasteiger partial charge in [0.2, 0.25) is 5.91 Å². The first-order valence-corrected chi connectivity index (χ1v) is 11.2. The van der Waals surface area contributed by atoms with Gasteiger partial charge in [-0.15, -0.1) is 0 Å². The van der Waals surface area contributed by atoms with Gasteiger partial charge in [0.15, 0.2) is 0 Å². The fourth-order valence-electron chi connectivity index (χ4n) is 4.49. The van der Waals surface area contributed by atoms with Gasteiger partial charge in [0.1, 0.15) is 0 Å². The first kappa shape index (κ1) is 24.5. The van der Waals surface area contributed by atoms with Crippen LogP contribution in [0.1, 0.15) is 44.6 Å². The van der Waals surface area contributed by atoms with E-state index < -0.39 is 23.7 Å². The highest BCUT2D eigenvalue weighted by Gasteiger charge is 2.43. The number of alkyl halides is 3. The van der Waals surface area contributed by atoms with E-state index in [2.05, 4.69) is 5.32 Å². The Morgan fingerprint density at radius 2 is 1.71 bits per heavy atom. The fraction of sp³-hybridized carbons (Fsp3) is 0.259. The predicted molar refractivity (Wildman–Crippen MR) is 125 cm³/mol. The Balaban J connectivity index is 1.70. The molecule has 8 heteroatoms. The molecule has 0 saturated heterocycles. The number of nitrogens with one attached hydrogen (secondary N) is 1. The number of carbonyl (C=O) groups excluding carboxylic acids is 2. The Labute approximate surface area is 201 Å². The molecule has 3 aromatic rings. The van der Waals surface area contributed by atoms with E-state index in [0.29, 0.717) is 16.7 Å². The Bertz CT molecular complexity index is 1200. The number of hydrogen-bond acceptors (Lipinski definition) is 3. The summed E-state index contributed by atoms with van der Waals surface area (Å²) < 4.78 is 44.5. The molecule has 35 heavy (non-hydrogen) atoms. The van der Waals surface area contributed by atoms with Crippen molar-refractivity contribution >= 4 is 11.8 Å². The molecule has 1 heterocycles. The first-order chi connectivity index (χ1) is 16.8. The number of halogens is 3. The minimum Gasteiger partial charge on any atom is -0.383 e. The topological polar surface area (TPSA) is 58.6 Å². The first-order valence-electron chi connectivity index (χ1n) is 11.2. The molecule has 0 fully saturated rings. The molecule has 0 saturated carbocycles. The zero-order valence-corrected chi connectivity index (χ0v) is 19.1. The van der Waals surface area contributed by atoms with Crippen molar-refractivity contribution in [1.82, 2.24) is 10.2 Å². The van der Waals surface area contributed by atoms with Gasteiger partial charge in [0.25, 0.3) is 5.91 Å². The molecule has 0 spiro atoms. The molecule has 1 N–H and O–H groups in total.